The predicted octanol–water partition coefficient (Wildman–Crippen LogP) is 4.97. The van der Waals surface area contributed by atoms with E-state index in [-0.39, 0.29) is 5.91 Å². The molecule has 2 N–H and O–H groups in total. The number of aromatic amines is 1. The highest BCUT2D eigenvalue weighted by molar-refractivity contribution is 7.15. The number of hydrogen-bond donors (Lipinski definition) is 2. The van der Waals surface area contributed by atoms with Gasteiger partial charge < -0.3 is 4.98 Å². The van der Waals surface area contributed by atoms with E-state index in [1.807, 2.05) is 12.1 Å². The van der Waals surface area contributed by atoms with E-state index >= 15 is 0 Å². The van der Waals surface area contributed by atoms with E-state index in [0.717, 1.165) is 15.9 Å². The third-order valence-corrected chi connectivity index (χ3v) is 5.68. The fourth-order valence-electron chi connectivity index (χ4n) is 3.19. The number of hydrogen-bond acceptors (Lipinski definition) is 4. The van der Waals surface area contributed by atoms with Crippen LogP contribution in [0.4, 0.5) is 5.13 Å². The highest BCUT2D eigenvalue weighted by atomic mass is 35.5. The number of amides is 1. The molecule has 5 nitrogen and oxygen atoms in total. The molecule has 2 aromatic heterocycles. The third-order valence-electron chi connectivity index (χ3n) is 4.44. The molecule has 1 aliphatic carbocycles. The quantitative estimate of drug-likeness (QED) is 0.692. The maximum absolute atomic E-state index is 12.4. The summed E-state index contributed by atoms with van der Waals surface area (Å²) in [5.41, 5.74) is 1.37. The van der Waals surface area contributed by atoms with Crippen molar-refractivity contribution in [2.75, 3.05) is 5.32 Å². The average Bonchev–Trinajstić information content (AvgIpc) is 3.22. The van der Waals surface area contributed by atoms with E-state index in [0.29, 0.717) is 21.8 Å². The molecule has 24 heavy (non-hydrogen) atoms. The summed E-state index contributed by atoms with van der Waals surface area (Å²) in [6.07, 6.45) is 6.16. The number of carbonyl (C=O) groups excluding carboxylic acids is 1. The summed E-state index contributed by atoms with van der Waals surface area (Å²) in [6, 6.07) is 7.28. The van der Waals surface area contributed by atoms with Crippen LogP contribution in [0.25, 0.3) is 10.9 Å². The Balaban J connectivity index is 1.49. The summed E-state index contributed by atoms with van der Waals surface area (Å²) >= 11 is 7.47. The first-order valence-corrected chi connectivity index (χ1v) is 9.31. The van der Waals surface area contributed by atoms with Crippen molar-refractivity contribution in [1.82, 2.24) is 15.2 Å². The van der Waals surface area contributed by atoms with Gasteiger partial charge in [-0.25, -0.2) is 0 Å². The summed E-state index contributed by atoms with van der Waals surface area (Å²) in [7, 11) is 0. The van der Waals surface area contributed by atoms with Gasteiger partial charge in [0, 0.05) is 21.8 Å². The number of anilines is 1. The highest BCUT2D eigenvalue weighted by Gasteiger charge is 2.20. The Morgan fingerprint density at radius 1 is 1.21 bits per heavy atom. The van der Waals surface area contributed by atoms with Crippen LogP contribution in [0.2, 0.25) is 5.02 Å². The predicted molar refractivity (Wildman–Crippen MR) is 97.0 cm³/mol. The largest absolute Gasteiger partial charge is 0.351 e. The first-order valence-electron chi connectivity index (χ1n) is 8.12. The topological polar surface area (TPSA) is 70.7 Å². The van der Waals surface area contributed by atoms with Gasteiger partial charge in [-0.15, -0.1) is 10.2 Å². The summed E-state index contributed by atoms with van der Waals surface area (Å²) in [5, 5.41) is 14.4. The molecular formula is C17H17ClN4OS. The van der Waals surface area contributed by atoms with E-state index in [2.05, 4.69) is 20.5 Å². The first-order chi connectivity index (χ1) is 11.7. The first kappa shape index (κ1) is 15.6. The molecule has 1 fully saturated rings. The lowest BCUT2D eigenvalue weighted by Crippen LogP contribution is -2.11. The molecule has 1 saturated carbocycles. The monoisotopic (exact) mass is 360 g/mol. The van der Waals surface area contributed by atoms with Crippen LogP contribution in [0.3, 0.4) is 0 Å². The van der Waals surface area contributed by atoms with Crippen molar-refractivity contribution in [3.8, 4) is 0 Å². The second-order valence-electron chi connectivity index (χ2n) is 6.15. The molecule has 1 aromatic carbocycles. The SMILES string of the molecule is O=C(Nc1nnc(C2CCCCC2)s1)c1cc2cc(Cl)ccc2[nH]1. The Kier molecular flexibility index (Phi) is 4.24. The normalized spacial score (nSPS) is 15.7. The van der Waals surface area contributed by atoms with Crippen LogP contribution in [0, 0.1) is 0 Å². The van der Waals surface area contributed by atoms with Crippen LogP contribution in [0.5, 0.6) is 0 Å². The number of H-pyrrole nitrogens is 1. The molecular weight excluding hydrogens is 344 g/mol. The van der Waals surface area contributed by atoms with E-state index in [9.17, 15) is 4.79 Å². The lowest BCUT2D eigenvalue weighted by atomic mass is 9.90. The minimum atomic E-state index is -0.214. The van der Waals surface area contributed by atoms with Gasteiger partial charge in [-0.2, -0.15) is 0 Å². The van der Waals surface area contributed by atoms with Gasteiger partial charge in [-0.05, 0) is 37.1 Å². The van der Waals surface area contributed by atoms with Gasteiger partial charge in [0.05, 0.1) is 0 Å². The van der Waals surface area contributed by atoms with E-state index in [4.69, 9.17) is 11.6 Å². The Labute approximate surface area is 148 Å². The number of carbonyl (C=O) groups is 1. The van der Waals surface area contributed by atoms with Gasteiger partial charge in [0.25, 0.3) is 5.91 Å². The third kappa shape index (κ3) is 3.16. The van der Waals surface area contributed by atoms with Crippen molar-refractivity contribution in [2.24, 2.45) is 0 Å². The van der Waals surface area contributed by atoms with Crippen LogP contribution < -0.4 is 5.32 Å². The summed E-state index contributed by atoms with van der Waals surface area (Å²) in [5.74, 6) is 0.283. The summed E-state index contributed by atoms with van der Waals surface area (Å²) in [4.78, 5) is 15.5. The van der Waals surface area contributed by atoms with Crippen LogP contribution in [-0.2, 0) is 0 Å². The molecule has 3 aromatic rings. The zero-order valence-corrected chi connectivity index (χ0v) is 14.6. The lowest BCUT2D eigenvalue weighted by molar-refractivity contribution is 0.102. The van der Waals surface area contributed by atoms with Gasteiger partial charge in [-0.3, -0.25) is 10.1 Å². The van der Waals surface area contributed by atoms with Gasteiger partial charge in [0.15, 0.2) is 0 Å². The molecule has 0 radical (unpaired) electrons. The minimum Gasteiger partial charge on any atom is -0.351 e. The highest BCUT2D eigenvalue weighted by Crippen LogP contribution is 2.35. The van der Waals surface area contributed by atoms with Crippen LogP contribution in [0.1, 0.15) is 53.5 Å². The van der Waals surface area contributed by atoms with E-state index in [1.54, 1.807) is 12.1 Å². The molecule has 0 atom stereocenters. The standard InChI is InChI=1S/C17H17ClN4OS/c18-12-6-7-13-11(8-12)9-14(19-13)15(23)20-17-22-21-16(24-17)10-4-2-1-3-5-10/h6-10,19H,1-5H2,(H,20,22,23). The summed E-state index contributed by atoms with van der Waals surface area (Å²) in [6.45, 7) is 0. The Hall–Kier alpha value is -1.92. The Morgan fingerprint density at radius 3 is 2.88 bits per heavy atom. The molecule has 124 valence electrons. The van der Waals surface area contributed by atoms with Crippen molar-refractivity contribution in [3.05, 3.63) is 40.0 Å². The number of aromatic nitrogens is 3. The minimum absolute atomic E-state index is 0.214. The Morgan fingerprint density at radius 2 is 2.04 bits per heavy atom. The second-order valence-corrected chi connectivity index (χ2v) is 7.59. The number of fused-ring (bicyclic) bond motifs is 1. The Bertz CT molecular complexity index is 882. The van der Waals surface area contributed by atoms with Gasteiger partial charge in [0.2, 0.25) is 5.13 Å². The number of nitrogens with one attached hydrogen (secondary N) is 2. The van der Waals surface area contributed by atoms with Crippen LogP contribution >= 0.6 is 22.9 Å². The molecule has 0 aliphatic heterocycles. The molecule has 0 saturated heterocycles. The number of nitrogens with zero attached hydrogens (tertiary/aromatic N) is 2. The average molecular weight is 361 g/mol. The van der Waals surface area contributed by atoms with Crippen molar-refractivity contribution >= 4 is 44.9 Å². The van der Waals surface area contributed by atoms with Crippen molar-refractivity contribution in [1.29, 1.82) is 0 Å². The molecule has 0 bridgehead atoms. The lowest BCUT2D eigenvalue weighted by Gasteiger charge is -2.18. The summed E-state index contributed by atoms with van der Waals surface area (Å²) < 4.78 is 0. The molecule has 4 rings (SSSR count). The zero-order chi connectivity index (χ0) is 16.5. The maximum atomic E-state index is 12.4. The maximum Gasteiger partial charge on any atom is 0.273 e. The molecule has 1 amide bonds. The number of halogens is 1. The van der Waals surface area contributed by atoms with Gasteiger partial charge in [0.1, 0.15) is 10.7 Å². The van der Waals surface area contributed by atoms with E-state index in [1.165, 1.54) is 43.4 Å². The smallest absolute Gasteiger partial charge is 0.273 e. The van der Waals surface area contributed by atoms with Crippen molar-refractivity contribution in [2.45, 2.75) is 38.0 Å². The van der Waals surface area contributed by atoms with Crippen LogP contribution in [-0.4, -0.2) is 21.1 Å². The van der Waals surface area contributed by atoms with Gasteiger partial charge >= 0.3 is 0 Å². The fourth-order valence-corrected chi connectivity index (χ4v) is 4.28. The molecule has 1 aliphatic rings. The number of rotatable bonds is 3. The molecule has 7 heteroatoms. The molecule has 0 unspecified atom stereocenters. The van der Waals surface area contributed by atoms with Crippen LogP contribution in [0.15, 0.2) is 24.3 Å². The fraction of sp³-hybridized carbons (Fsp3) is 0.353. The van der Waals surface area contributed by atoms with Gasteiger partial charge in [-0.1, -0.05) is 42.2 Å². The van der Waals surface area contributed by atoms with E-state index < -0.39 is 0 Å². The molecule has 2 heterocycles. The zero-order valence-electron chi connectivity index (χ0n) is 13.0. The van der Waals surface area contributed by atoms with Crippen molar-refractivity contribution in [3.63, 3.8) is 0 Å². The second kappa shape index (κ2) is 6.53. The molecule has 0 spiro atoms. The van der Waals surface area contributed by atoms with Crippen molar-refractivity contribution < 1.29 is 4.79 Å². The number of benzene rings is 1.